The minimum atomic E-state index is 0.250. The van der Waals surface area contributed by atoms with E-state index in [0.717, 1.165) is 18.7 Å². The Morgan fingerprint density at radius 2 is 2.19 bits per heavy atom. The lowest BCUT2D eigenvalue weighted by Crippen LogP contribution is -2.34. The molecule has 0 radical (unpaired) electrons. The Balaban J connectivity index is 2.02. The van der Waals surface area contributed by atoms with Gasteiger partial charge in [0.25, 0.3) is 0 Å². The largest absolute Gasteiger partial charge is 0.396 e. The normalized spacial score (nSPS) is 25.3. The zero-order chi connectivity index (χ0) is 11.4. The number of nitrogens with zero attached hydrogens (tertiary/aromatic N) is 1. The van der Waals surface area contributed by atoms with Crippen LogP contribution >= 0.6 is 0 Å². The summed E-state index contributed by atoms with van der Waals surface area (Å²) in [5.41, 5.74) is 5.63. The first-order valence-corrected chi connectivity index (χ1v) is 5.89. The van der Waals surface area contributed by atoms with E-state index in [2.05, 4.69) is 10.3 Å². The van der Waals surface area contributed by atoms with Crippen LogP contribution in [0.5, 0.6) is 0 Å². The van der Waals surface area contributed by atoms with Crippen molar-refractivity contribution in [2.75, 3.05) is 17.7 Å². The molecule has 1 heterocycles. The molecule has 4 N–H and O–H groups in total. The summed E-state index contributed by atoms with van der Waals surface area (Å²) in [5, 5.41) is 12.7. The van der Waals surface area contributed by atoms with E-state index in [1.807, 2.05) is 12.1 Å². The minimum Gasteiger partial charge on any atom is -0.396 e. The number of nitrogen functional groups attached to an aromatic ring is 1. The van der Waals surface area contributed by atoms with Gasteiger partial charge in [0.15, 0.2) is 0 Å². The molecule has 4 heteroatoms. The lowest BCUT2D eigenvalue weighted by atomic mass is 9.85. The molecule has 88 valence electrons. The summed E-state index contributed by atoms with van der Waals surface area (Å²) in [4.78, 5) is 4.22. The Morgan fingerprint density at radius 1 is 1.38 bits per heavy atom. The maximum absolute atomic E-state index is 9.31. The Morgan fingerprint density at radius 3 is 2.94 bits per heavy atom. The zero-order valence-corrected chi connectivity index (χ0v) is 9.39. The number of hydrogen-bond acceptors (Lipinski definition) is 4. The van der Waals surface area contributed by atoms with E-state index >= 15 is 0 Å². The SMILES string of the molecule is Nc1cccc(NC2CCCCC2CO)n1. The lowest BCUT2D eigenvalue weighted by molar-refractivity contribution is 0.178. The molecule has 0 saturated heterocycles. The highest BCUT2D eigenvalue weighted by molar-refractivity contribution is 5.43. The van der Waals surface area contributed by atoms with Crippen molar-refractivity contribution in [3.63, 3.8) is 0 Å². The molecule has 2 atom stereocenters. The van der Waals surface area contributed by atoms with Crippen LogP contribution in [0, 0.1) is 5.92 Å². The second-order valence-corrected chi connectivity index (χ2v) is 4.43. The fourth-order valence-corrected chi connectivity index (χ4v) is 2.34. The molecule has 0 bridgehead atoms. The standard InChI is InChI=1S/C12H19N3O/c13-11-6-3-7-12(15-11)14-10-5-2-1-4-9(10)8-16/h3,6-7,9-10,16H,1-2,4-5,8H2,(H3,13,14,15). The summed E-state index contributed by atoms with van der Waals surface area (Å²) in [6, 6.07) is 5.91. The van der Waals surface area contributed by atoms with E-state index in [9.17, 15) is 5.11 Å². The van der Waals surface area contributed by atoms with Gasteiger partial charge in [-0.05, 0) is 25.0 Å². The van der Waals surface area contributed by atoms with Crippen molar-refractivity contribution < 1.29 is 5.11 Å². The molecule has 1 saturated carbocycles. The summed E-state index contributed by atoms with van der Waals surface area (Å²) in [5.74, 6) is 1.68. The van der Waals surface area contributed by atoms with Crippen LogP contribution in [0.2, 0.25) is 0 Å². The molecule has 0 aliphatic heterocycles. The fraction of sp³-hybridized carbons (Fsp3) is 0.583. The predicted molar refractivity (Wildman–Crippen MR) is 65.1 cm³/mol. The minimum absolute atomic E-state index is 0.250. The van der Waals surface area contributed by atoms with Gasteiger partial charge >= 0.3 is 0 Å². The van der Waals surface area contributed by atoms with Crippen molar-refractivity contribution in [2.24, 2.45) is 5.92 Å². The third kappa shape index (κ3) is 2.64. The molecule has 1 aromatic heterocycles. The molecule has 0 amide bonds. The number of aliphatic hydroxyl groups is 1. The van der Waals surface area contributed by atoms with Crippen LogP contribution in [0.3, 0.4) is 0 Å². The summed E-state index contributed by atoms with van der Waals surface area (Å²) >= 11 is 0. The topological polar surface area (TPSA) is 71.2 Å². The number of aliphatic hydroxyl groups excluding tert-OH is 1. The van der Waals surface area contributed by atoms with Gasteiger partial charge in [-0.3, -0.25) is 0 Å². The first-order valence-electron chi connectivity index (χ1n) is 5.89. The lowest BCUT2D eigenvalue weighted by Gasteiger charge is -2.31. The third-order valence-corrected chi connectivity index (χ3v) is 3.25. The quantitative estimate of drug-likeness (QED) is 0.725. The van der Waals surface area contributed by atoms with Crippen molar-refractivity contribution in [1.29, 1.82) is 0 Å². The highest BCUT2D eigenvalue weighted by Gasteiger charge is 2.24. The van der Waals surface area contributed by atoms with Gasteiger partial charge in [0, 0.05) is 18.6 Å². The van der Waals surface area contributed by atoms with Gasteiger partial charge in [0.1, 0.15) is 11.6 Å². The Kier molecular flexibility index (Phi) is 3.62. The van der Waals surface area contributed by atoms with E-state index in [1.54, 1.807) is 6.07 Å². The smallest absolute Gasteiger partial charge is 0.128 e. The molecule has 0 aromatic carbocycles. The molecule has 2 unspecified atom stereocenters. The molecular weight excluding hydrogens is 202 g/mol. The Bertz CT molecular complexity index is 343. The van der Waals surface area contributed by atoms with Gasteiger partial charge in [-0.15, -0.1) is 0 Å². The van der Waals surface area contributed by atoms with Gasteiger partial charge in [0.2, 0.25) is 0 Å². The first kappa shape index (κ1) is 11.2. The van der Waals surface area contributed by atoms with Crippen molar-refractivity contribution in [2.45, 2.75) is 31.7 Å². The number of pyridine rings is 1. The van der Waals surface area contributed by atoms with Gasteiger partial charge in [-0.25, -0.2) is 4.98 Å². The van der Waals surface area contributed by atoms with Crippen LogP contribution in [-0.2, 0) is 0 Å². The predicted octanol–water partition coefficient (Wildman–Crippen LogP) is 1.63. The van der Waals surface area contributed by atoms with Crippen molar-refractivity contribution in [3.8, 4) is 0 Å². The number of aromatic nitrogens is 1. The highest BCUT2D eigenvalue weighted by atomic mass is 16.3. The van der Waals surface area contributed by atoms with Gasteiger partial charge in [-0.2, -0.15) is 0 Å². The number of nitrogens with one attached hydrogen (secondary N) is 1. The maximum atomic E-state index is 9.31. The Hall–Kier alpha value is -1.29. The van der Waals surface area contributed by atoms with Crippen LogP contribution in [0.1, 0.15) is 25.7 Å². The summed E-state index contributed by atoms with van der Waals surface area (Å²) in [6.07, 6.45) is 4.63. The van der Waals surface area contributed by atoms with Crippen molar-refractivity contribution >= 4 is 11.6 Å². The van der Waals surface area contributed by atoms with E-state index in [4.69, 9.17) is 5.73 Å². The fourth-order valence-electron chi connectivity index (χ4n) is 2.34. The molecule has 1 aliphatic carbocycles. The monoisotopic (exact) mass is 221 g/mol. The summed E-state index contributed by atoms with van der Waals surface area (Å²) < 4.78 is 0. The number of anilines is 2. The van der Waals surface area contributed by atoms with E-state index in [0.29, 0.717) is 17.8 Å². The molecular formula is C12H19N3O. The molecule has 2 rings (SSSR count). The molecule has 1 aliphatic rings. The maximum Gasteiger partial charge on any atom is 0.128 e. The van der Waals surface area contributed by atoms with Crippen LogP contribution in [-0.4, -0.2) is 22.7 Å². The van der Waals surface area contributed by atoms with E-state index in [-0.39, 0.29) is 6.61 Å². The average Bonchev–Trinajstić information content (AvgIpc) is 2.30. The van der Waals surface area contributed by atoms with Gasteiger partial charge in [-0.1, -0.05) is 18.9 Å². The summed E-state index contributed by atoms with van der Waals surface area (Å²) in [7, 11) is 0. The van der Waals surface area contributed by atoms with E-state index in [1.165, 1.54) is 12.8 Å². The highest BCUT2D eigenvalue weighted by Crippen LogP contribution is 2.26. The van der Waals surface area contributed by atoms with Gasteiger partial charge < -0.3 is 16.2 Å². The van der Waals surface area contributed by atoms with Crippen molar-refractivity contribution in [1.82, 2.24) is 4.98 Å². The second kappa shape index (κ2) is 5.16. The second-order valence-electron chi connectivity index (χ2n) is 4.43. The van der Waals surface area contributed by atoms with Gasteiger partial charge in [0.05, 0.1) is 0 Å². The number of nitrogens with two attached hydrogens (primary N) is 1. The molecule has 4 nitrogen and oxygen atoms in total. The average molecular weight is 221 g/mol. The first-order chi connectivity index (χ1) is 7.79. The molecule has 1 aromatic rings. The van der Waals surface area contributed by atoms with Crippen LogP contribution < -0.4 is 11.1 Å². The third-order valence-electron chi connectivity index (χ3n) is 3.25. The number of rotatable bonds is 3. The van der Waals surface area contributed by atoms with Crippen LogP contribution in [0.25, 0.3) is 0 Å². The molecule has 16 heavy (non-hydrogen) atoms. The van der Waals surface area contributed by atoms with Crippen LogP contribution in [0.15, 0.2) is 18.2 Å². The van der Waals surface area contributed by atoms with Crippen LogP contribution in [0.4, 0.5) is 11.6 Å². The molecule has 1 fully saturated rings. The zero-order valence-electron chi connectivity index (χ0n) is 9.39. The molecule has 0 spiro atoms. The Labute approximate surface area is 95.9 Å². The summed E-state index contributed by atoms with van der Waals surface area (Å²) in [6.45, 7) is 0.250. The van der Waals surface area contributed by atoms with Crippen molar-refractivity contribution in [3.05, 3.63) is 18.2 Å². The van der Waals surface area contributed by atoms with E-state index < -0.39 is 0 Å². The number of hydrogen-bond donors (Lipinski definition) is 3.